The summed E-state index contributed by atoms with van der Waals surface area (Å²) < 4.78 is 0. The molecule has 1 N–H and O–H groups in total. The second-order valence-electron chi connectivity index (χ2n) is 3.17. The summed E-state index contributed by atoms with van der Waals surface area (Å²) in [4.78, 5) is 12.1. The number of aromatic nitrogens is 3. The molecule has 2 heterocycles. The van der Waals surface area contributed by atoms with Crippen molar-refractivity contribution in [1.82, 2.24) is 15.0 Å². The quantitative estimate of drug-likeness (QED) is 0.809. The van der Waals surface area contributed by atoms with E-state index in [9.17, 15) is 5.11 Å². The molecule has 0 aromatic carbocycles. The van der Waals surface area contributed by atoms with Gasteiger partial charge in [0.15, 0.2) is 0 Å². The van der Waals surface area contributed by atoms with Crippen LogP contribution >= 0.6 is 0 Å². The zero-order chi connectivity index (χ0) is 10.5. The van der Waals surface area contributed by atoms with E-state index in [1.54, 1.807) is 24.8 Å². The van der Waals surface area contributed by atoms with E-state index in [0.717, 1.165) is 5.69 Å². The Morgan fingerprint density at radius 2 is 2.07 bits per heavy atom. The summed E-state index contributed by atoms with van der Waals surface area (Å²) in [6.07, 6.45) is 6.23. The minimum atomic E-state index is -0.645. The molecule has 1 atom stereocenters. The molecule has 0 aliphatic rings. The lowest BCUT2D eigenvalue weighted by atomic mass is 10.1. The Morgan fingerprint density at radius 1 is 1.13 bits per heavy atom. The molecular weight excluding hydrogens is 190 g/mol. The van der Waals surface area contributed by atoms with E-state index in [4.69, 9.17) is 0 Å². The molecule has 0 saturated carbocycles. The Kier molecular flexibility index (Phi) is 2.99. The average Bonchev–Trinajstić information content (AvgIpc) is 2.31. The highest BCUT2D eigenvalue weighted by Crippen LogP contribution is 2.13. The highest BCUT2D eigenvalue weighted by Gasteiger charge is 2.09. The SMILES string of the molecule is OC(Cc1ccccn1)c1cnccn1. The summed E-state index contributed by atoms with van der Waals surface area (Å²) in [5, 5.41) is 9.83. The van der Waals surface area contributed by atoms with Gasteiger partial charge in [0.05, 0.1) is 11.9 Å². The standard InChI is InChI=1S/C11H11N3O/c15-11(10-8-12-5-6-14-10)7-9-3-1-2-4-13-9/h1-6,8,11,15H,7H2. The fraction of sp³-hybridized carbons (Fsp3) is 0.182. The largest absolute Gasteiger partial charge is 0.386 e. The number of rotatable bonds is 3. The minimum absolute atomic E-state index is 0.458. The van der Waals surface area contributed by atoms with Crippen LogP contribution in [0.15, 0.2) is 43.0 Å². The molecule has 2 aromatic heterocycles. The van der Waals surface area contributed by atoms with Crippen molar-refractivity contribution in [2.24, 2.45) is 0 Å². The summed E-state index contributed by atoms with van der Waals surface area (Å²) in [5.41, 5.74) is 1.42. The first-order chi connectivity index (χ1) is 7.36. The number of hydrogen-bond donors (Lipinski definition) is 1. The van der Waals surface area contributed by atoms with Gasteiger partial charge in [0, 0.05) is 30.7 Å². The van der Waals surface area contributed by atoms with Crippen molar-refractivity contribution in [3.8, 4) is 0 Å². The van der Waals surface area contributed by atoms with Crippen LogP contribution in [0.3, 0.4) is 0 Å². The van der Waals surface area contributed by atoms with Gasteiger partial charge in [-0.25, -0.2) is 0 Å². The second kappa shape index (κ2) is 4.61. The molecule has 4 heteroatoms. The molecule has 0 aliphatic heterocycles. The number of pyridine rings is 1. The number of aliphatic hydroxyl groups excluding tert-OH is 1. The molecule has 0 aliphatic carbocycles. The average molecular weight is 201 g/mol. The summed E-state index contributed by atoms with van der Waals surface area (Å²) in [5.74, 6) is 0. The highest BCUT2D eigenvalue weighted by molar-refractivity contribution is 5.08. The van der Waals surface area contributed by atoms with Crippen LogP contribution in [0, 0.1) is 0 Å². The predicted molar refractivity (Wildman–Crippen MR) is 54.9 cm³/mol. The minimum Gasteiger partial charge on any atom is -0.386 e. The lowest BCUT2D eigenvalue weighted by Crippen LogP contribution is -2.05. The van der Waals surface area contributed by atoms with E-state index < -0.39 is 6.10 Å². The lowest BCUT2D eigenvalue weighted by molar-refractivity contribution is 0.172. The fourth-order valence-electron chi connectivity index (χ4n) is 1.30. The van der Waals surface area contributed by atoms with E-state index in [-0.39, 0.29) is 0 Å². The van der Waals surface area contributed by atoms with Crippen molar-refractivity contribution in [3.63, 3.8) is 0 Å². The zero-order valence-corrected chi connectivity index (χ0v) is 8.11. The Hall–Kier alpha value is -1.81. The van der Waals surface area contributed by atoms with Gasteiger partial charge >= 0.3 is 0 Å². The van der Waals surface area contributed by atoms with Crippen molar-refractivity contribution in [3.05, 3.63) is 54.4 Å². The topological polar surface area (TPSA) is 58.9 Å². The maximum absolute atomic E-state index is 9.83. The van der Waals surface area contributed by atoms with Crippen LogP contribution in [-0.2, 0) is 6.42 Å². The lowest BCUT2D eigenvalue weighted by Gasteiger charge is -2.08. The smallest absolute Gasteiger partial charge is 0.103 e. The molecule has 15 heavy (non-hydrogen) atoms. The first kappa shape index (κ1) is 9.73. The van der Waals surface area contributed by atoms with Gasteiger partial charge in [0.2, 0.25) is 0 Å². The first-order valence-corrected chi connectivity index (χ1v) is 4.70. The molecule has 2 rings (SSSR count). The van der Waals surface area contributed by atoms with Crippen LogP contribution in [0.2, 0.25) is 0 Å². The van der Waals surface area contributed by atoms with Crippen LogP contribution in [0.4, 0.5) is 0 Å². The maximum atomic E-state index is 9.83. The fourth-order valence-corrected chi connectivity index (χ4v) is 1.30. The van der Waals surface area contributed by atoms with Gasteiger partial charge in [0.25, 0.3) is 0 Å². The molecule has 76 valence electrons. The number of aliphatic hydroxyl groups is 1. The normalized spacial score (nSPS) is 12.3. The van der Waals surface area contributed by atoms with Gasteiger partial charge in [-0.2, -0.15) is 0 Å². The summed E-state index contributed by atoms with van der Waals surface area (Å²) >= 11 is 0. The number of nitrogens with zero attached hydrogens (tertiary/aromatic N) is 3. The van der Waals surface area contributed by atoms with Gasteiger partial charge in [-0.1, -0.05) is 6.07 Å². The third-order valence-corrected chi connectivity index (χ3v) is 2.05. The first-order valence-electron chi connectivity index (χ1n) is 4.70. The van der Waals surface area contributed by atoms with Gasteiger partial charge in [-0.15, -0.1) is 0 Å². The van der Waals surface area contributed by atoms with Gasteiger partial charge in [-0.3, -0.25) is 15.0 Å². The van der Waals surface area contributed by atoms with Crippen molar-refractivity contribution < 1.29 is 5.11 Å². The second-order valence-corrected chi connectivity index (χ2v) is 3.17. The molecule has 4 nitrogen and oxygen atoms in total. The Bertz CT molecular complexity index is 405. The molecule has 1 unspecified atom stereocenters. The summed E-state index contributed by atoms with van der Waals surface area (Å²) in [7, 11) is 0. The third kappa shape index (κ3) is 2.57. The Labute approximate surface area is 87.7 Å². The van der Waals surface area contributed by atoms with Crippen molar-refractivity contribution in [2.75, 3.05) is 0 Å². The van der Waals surface area contributed by atoms with E-state index in [0.29, 0.717) is 12.1 Å². The molecule has 0 bridgehead atoms. The van der Waals surface area contributed by atoms with Gasteiger partial charge in [-0.05, 0) is 12.1 Å². The molecule has 0 radical (unpaired) electrons. The van der Waals surface area contributed by atoms with Gasteiger partial charge < -0.3 is 5.11 Å². The van der Waals surface area contributed by atoms with E-state index in [2.05, 4.69) is 15.0 Å². The van der Waals surface area contributed by atoms with Crippen molar-refractivity contribution >= 4 is 0 Å². The van der Waals surface area contributed by atoms with Crippen molar-refractivity contribution in [1.29, 1.82) is 0 Å². The molecule has 2 aromatic rings. The van der Waals surface area contributed by atoms with E-state index in [1.165, 1.54) is 0 Å². The Morgan fingerprint density at radius 3 is 2.73 bits per heavy atom. The third-order valence-electron chi connectivity index (χ3n) is 2.05. The summed E-state index contributed by atoms with van der Waals surface area (Å²) in [6, 6.07) is 5.61. The molecule has 0 amide bonds. The van der Waals surface area contributed by atoms with E-state index >= 15 is 0 Å². The molecular formula is C11H11N3O. The van der Waals surface area contributed by atoms with Gasteiger partial charge in [0.1, 0.15) is 6.10 Å². The zero-order valence-electron chi connectivity index (χ0n) is 8.11. The molecule has 0 spiro atoms. The monoisotopic (exact) mass is 201 g/mol. The predicted octanol–water partition coefficient (Wildman–Crippen LogP) is 1.15. The van der Waals surface area contributed by atoms with Crippen LogP contribution in [0.25, 0.3) is 0 Å². The van der Waals surface area contributed by atoms with Crippen molar-refractivity contribution in [2.45, 2.75) is 12.5 Å². The van der Waals surface area contributed by atoms with Crippen LogP contribution in [0.5, 0.6) is 0 Å². The highest BCUT2D eigenvalue weighted by atomic mass is 16.3. The molecule has 0 fully saturated rings. The Balaban J connectivity index is 2.08. The van der Waals surface area contributed by atoms with E-state index in [1.807, 2.05) is 18.2 Å². The maximum Gasteiger partial charge on any atom is 0.103 e. The van der Waals surface area contributed by atoms with Crippen LogP contribution in [0.1, 0.15) is 17.5 Å². The van der Waals surface area contributed by atoms with Crippen LogP contribution in [-0.4, -0.2) is 20.1 Å². The van der Waals surface area contributed by atoms with Crippen LogP contribution < -0.4 is 0 Å². The summed E-state index contributed by atoms with van der Waals surface area (Å²) in [6.45, 7) is 0. The number of hydrogen-bond acceptors (Lipinski definition) is 4. The molecule has 0 saturated heterocycles.